The second kappa shape index (κ2) is 8.19. The van der Waals surface area contributed by atoms with Gasteiger partial charge in [-0.15, -0.1) is 10.2 Å². The molecule has 0 unspecified atom stereocenters. The number of nitrogens with zero attached hydrogens (tertiary/aromatic N) is 5. The Morgan fingerprint density at radius 2 is 1.91 bits per heavy atom. The summed E-state index contributed by atoms with van der Waals surface area (Å²) >= 11 is 0. The summed E-state index contributed by atoms with van der Waals surface area (Å²) in [7, 11) is 0. The van der Waals surface area contributed by atoms with Crippen LogP contribution in [0.4, 0.5) is 19.0 Å². The maximum absolute atomic E-state index is 12.9. The number of pyridine rings is 1. The minimum Gasteiger partial charge on any atom is -0.357 e. The highest BCUT2D eigenvalue weighted by molar-refractivity contribution is 6.19. The molecule has 3 amide bonds. The van der Waals surface area contributed by atoms with Gasteiger partial charge < -0.3 is 10.2 Å². The van der Waals surface area contributed by atoms with Crippen LogP contribution in [0.1, 0.15) is 31.2 Å². The zero-order valence-corrected chi connectivity index (χ0v) is 17.8. The number of amides is 3. The van der Waals surface area contributed by atoms with E-state index < -0.39 is 17.6 Å². The van der Waals surface area contributed by atoms with Crippen molar-refractivity contribution in [3.8, 4) is 11.3 Å². The fraction of sp³-hybridized carbons (Fsp3) is 0.364. The lowest BCUT2D eigenvalue weighted by Crippen LogP contribution is -2.40. The lowest BCUT2D eigenvalue weighted by molar-refractivity contribution is -0.139. The number of hydrogen-bond acceptors (Lipinski definition) is 7. The molecule has 34 heavy (non-hydrogen) atoms. The summed E-state index contributed by atoms with van der Waals surface area (Å²) in [5.41, 5.74) is 0.168. The van der Waals surface area contributed by atoms with Gasteiger partial charge in [0.15, 0.2) is 5.82 Å². The van der Waals surface area contributed by atoms with Crippen molar-refractivity contribution in [3.05, 3.63) is 47.4 Å². The third-order valence-corrected chi connectivity index (χ3v) is 5.90. The highest BCUT2D eigenvalue weighted by Crippen LogP contribution is 2.38. The molecule has 1 fully saturated rings. The van der Waals surface area contributed by atoms with Crippen molar-refractivity contribution in [3.63, 3.8) is 0 Å². The van der Waals surface area contributed by atoms with Gasteiger partial charge in [-0.05, 0) is 43.9 Å². The van der Waals surface area contributed by atoms with Gasteiger partial charge in [0.05, 0.1) is 17.8 Å². The van der Waals surface area contributed by atoms with Gasteiger partial charge in [-0.25, -0.2) is 0 Å². The van der Waals surface area contributed by atoms with Gasteiger partial charge in [0.25, 0.3) is 11.8 Å². The molecule has 1 N–H and O–H groups in total. The van der Waals surface area contributed by atoms with Crippen molar-refractivity contribution in [1.82, 2.24) is 25.0 Å². The van der Waals surface area contributed by atoms with E-state index in [1.807, 2.05) is 0 Å². The van der Waals surface area contributed by atoms with Crippen LogP contribution < -0.4 is 5.32 Å². The molecular formula is C22H19F3N6O3. The average Bonchev–Trinajstić information content (AvgIpc) is 3.60. The van der Waals surface area contributed by atoms with Crippen molar-refractivity contribution in [1.29, 1.82) is 0 Å². The van der Waals surface area contributed by atoms with Crippen LogP contribution >= 0.6 is 0 Å². The van der Waals surface area contributed by atoms with Gasteiger partial charge in [0, 0.05) is 36.1 Å². The number of anilines is 1. The summed E-state index contributed by atoms with van der Waals surface area (Å²) in [6.45, 7) is 0.328. The largest absolute Gasteiger partial charge is 0.417 e. The summed E-state index contributed by atoms with van der Waals surface area (Å²) in [4.78, 5) is 44.6. The van der Waals surface area contributed by atoms with Gasteiger partial charge in [-0.1, -0.05) is 0 Å². The van der Waals surface area contributed by atoms with Crippen molar-refractivity contribution in [2.24, 2.45) is 0 Å². The predicted molar refractivity (Wildman–Crippen MR) is 112 cm³/mol. The van der Waals surface area contributed by atoms with E-state index in [0.29, 0.717) is 30.7 Å². The van der Waals surface area contributed by atoms with Crippen LogP contribution in [-0.2, 0) is 20.6 Å². The molecule has 12 heteroatoms. The van der Waals surface area contributed by atoms with Gasteiger partial charge >= 0.3 is 6.18 Å². The normalized spacial score (nSPS) is 18.4. The molecule has 0 radical (unpaired) electrons. The van der Waals surface area contributed by atoms with Gasteiger partial charge in [-0.2, -0.15) is 13.2 Å². The molecule has 2 aromatic rings. The second-order valence-electron chi connectivity index (χ2n) is 8.38. The van der Waals surface area contributed by atoms with E-state index in [-0.39, 0.29) is 41.5 Å². The topological polar surface area (TPSA) is 108 Å². The Balaban J connectivity index is 1.26. The first-order valence-corrected chi connectivity index (χ1v) is 10.7. The smallest absolute Gasteiger partial charge is 0.357 e. The summed E-state index contributed by atoms with van der Waals surface area (Å²) < 4.78 is 38.7. The molecule has 1 aliphatic carbocycles. The van der Waals surface area contributed by atoms with Crippen molar-refractivity contribution in [2.45, 2.75) is 37.9 Å². The highest BCUT2D eigenvalue weighted by atomic mass is 19.4. The maximum atomic E-state index is 12.9. The van der Waals surface area contributed by atoms with Crippen LogP contribution in [0.5, 0.6) is 0 Å². The van der Waals surface area contributed by atoms with E-state index in [1.54, 1.807) is 4.90 Å². The number of alkyl halides is 3. The number of rotatable bonds is 5. The molecule has 9 nitrogen and oxygen atoms in total. The molecule has 0 aromatic carbocycles. The first kappa shape index (κ1) is 22.0. The summed E-state index contributed by atoms with van der Waals surface area (Å²) in [6.07, 6.45) is 0.216. The van der Waals surface area contributed by atoms with Gasteiger partial charge in [-0.3, -0.25) is 24.3 Å². The Hall–Kier alpha value is -3.83. The first-order chi connectivity index (χ1) is 16.2. The van der Waals surface area contributed by atoms with Gasteiger partial charge in [0.2, 0.25) is 5.91 Å². The van der Waals surface area contributed by atoms with E-state index in [4.69, 9.17) is 0 Å². The number of aromatic nitrogens is 3. The summed E-state index contributed by atoms with van der Waals surface area (Å²) in [5, 5.41) is 10.3. The quantitative estimate of drug-likeness (QED) is 0.666. The number of hydrogen-bond donors (Lipinski definition) is 1. The Morgan fingerprint density at radius 3 is 2.59 bits per heavy atom. The van der Waals surface area contributed by atoms with Crippen LogP contribution in [0.3, 0.4) is 0 Å². The number of halogens is 3. The van der Waals surface area contributed by atoms with Crippen LogP contribution in [0.15, 0.2) is 41.9 Å². The molecule has 0 spiro atoms. The number of imide groups is 1. The van der Waals surface area contributed by atoms with Crippen LogP contribution in [0.2, 0.25) is 0 Å². The van der Waals surface area contributed by atoms with Crippen LogP contribution in [-0.4, -0.2) is 61.8 Å². The van der Waals surface area contributed by atoms with Gasteiger partial charge in [0.1, 0.15) is 5.70 Å². The summed E-state index contributed by atoms with van der Waals surface area (Å²) in [6, 6.07) is 3.72. The third kappa shape index (κ3) is 4.11. The molecule has 4 heterocycles. The number of carbonyl (C=O) groups is 3. The Morgan fingerprint density at radius 1 is 1.12 bits per heavy atom. The molecule has 0 atom stereocenters. The fourth-order valence-electron chi connectivity index (χ4n) is 4.16. The Kier molecular flexibility index (Phi) is 5.29. The fourth-order valence-corrected chi connectivity index (χ4v) is 4.16. The van der Waals surface area contributed by atoms with Crippen molar-refractivity contribution in [2.75, 3.05) is 18.4 Å². The second-order valence-corrected chi connectivity index (χ2v) is 8.38. The number of nitrogens with one attached hydrogen (secondary N) is 1. The molecule has 0 saturated heterocycles. The van der Waals surface area contributed by atoms with Crippen molar-refractivity contribution < 1.29 is 27.6 Å². The van der Waals surface area contributed by atoms with E-state index in [9.17, 15) is 27.6 Å². The Labute approximate surface area is 191 Å². The molecule has 3 aliphatic rings. The molecule has 2 aliphatic heterocycles. The first-order valence-electron chi connectivity index (χ1n) is 10.7. The molecule has 176 valence electrons. The Bertz CT molecular complexity index is 1210. The van der Waals surface area contributed by atoms with Crippen LogP contribution in [0.25, 0.3) is 11.3 Å². The van der Waals surface area contributed by atoms with E-state index >= 15 is 0 Å². The molecule has 0 bridgehead atoms. The van der Waals surface area contributed by atoms with Crippen LogP contribution in [0, 0.1) is 0 Å². The predicted octanol–water partition coefficient (Wildman–Crippen LogP) is 2.38. The zero-order valence-electron chi connectivity index (χ0n) is 17.8. The van der Waals surface area contributed by atoms with E-state index in [0.717, 1.165) is 25.1 Å². The lowest BCUT2D eigenvalue weighted by Gasteiger charge is -2.28. The van der Waals surface area contributed by atoms with E-state index in [1.165, 1.54) is 23.2 Å². The minimum atomic E-state index is -4.53. The third-order valence-electron chi connectivity index (χ3n) is 5.90. The monoisotopic (exact) mass is 472 g/mol. The molecule has 1 saturated carbocycles. The minimum absolute atomic E-state index is 0.0397. The molecule has 5 rings (SSSR count). The standard InChI is InChI=1S/C22H19F3N6O3/c23-22(24,25)13-8-12(9-26-10-13)16-5-6-17(29-28-16)27-18(32)11-30-7-1-2-15-19(30)21(34)31(20(15)33)14-3-4-14/h5-6,8-10,14H,1-4,7,11H2,(H,27,29,32). The maximum Gasteiger partial charge on any atom is 0.417 e. The van der Waals surface area contributed by atoms with Crippen molar-refractivity contribution >= 4 is 23.5 Å². The lowest BCUT2D eigenvalue weighted by atomic mass is 10.0. The summed E-state index contributed by atoms with van der Waals surface area (Å²) in [5.74, 6) is -0.943. The number of carbonyl (C=O) groups excluding carboxylic acids is 3. The SMILES string of the molecule is O=C(CN1CCCC2=C1C(=O)N(C1CC1)C2=O)Nc1ccc(-c2cncc(C(F)(F)F)c2)nn1. The highest BCUT2D eigenvalue weighted by Gasteiger charge is 2.48. The zero-order chi connectivity index (χ0) is 24.0. The molecule has 2 aromatic heterocycles. The molecular weight excluding hydrogens is 453 g/mol. The van der Waals surface area contributed by atoms with E-state index in [2.05, 4.69) is 20.5 Å². The average molecular weight is 472 g/mol.